The molecule has 3 heteroatoms. The average molecular weight is 198 g/mol. The molecule has 0 saturated carbocycles. The molecule has 0 fully saturated rings. The van der Waals surface area contributed by atoms with Gasteiger partial charge in [-0.3, -0.25) is 6.42 Å². The van der Waals surface area contributed by atoms with E-state index in [1.807, 2.05) is 0 Å². The molecule has 3 N–H and O–H groups in total. The first-order valence-corrected chi connectivity index (χ1v) is 1.32. The van der Waals surface area contributed by atoms with E-state index in [0.717, 1.165) is 6.42 Å². The molecule has 0 unspecified atom stereocenters. The Hall–Kier alpha value is 1.65. The molecule has 0 aromatic rings. The van der Waals surface area contributed by atoms with Gasteiger partial charge in [0.1, 0.15) is 0 Å². The fraction of sp³-hybridized carbons (Fsp3) is 0.333. The molecule has 0 aromatic carbocycles. The molecular formula is C3H8NVY-. The second-order valence-electron chi connectivity index (χ2n) is 0.577. The minimum Gasteiger partial charge on any atom is -0.489 e. The van der Waals surface area contributed by atoms with Gasteiger partial charge in [0.05, 0.1) is 0 Å². The maximum Gasteiger partial charge on any atom is 0 e. The van der Waals surface area contributed by atoms with E-state index in [0.29, 0.717) is 0 Å². The van der Waals surface area contributed by atoms with Crippen molar-refractivity contribution in [2.45, 2.75) is 6.42 Å². The summed E-state index contributed by atoms with van der Waals surface area (Å²) in [5.41, 5.74) is 3.42. The summed E-state index contributed by atoms with van der Waals surface area (Å²) in [6.07, 6.45) is 0.833. The first kappa shape index (κ1) is 15.6. The summed E-state index contributed by atoms with van der Waals surface area (Å²) in [6, 6.07) is 0. The van der Waals surface area contributed by atoms with E-state index < -0.39 is 0 Å². The summed E-state index contributed by atoms with van der Waals surface area (Å²) in [4.78, 5) is 0. The van der Waals surface area contributed by atoms with Gasteiger partial charge in [-0.05, 0) is 0 Å². The Bertz CT molecular complexity index is 12.8. The van der Waals surface area contributed by atoms with Crippen molar-refractivity contribution in [1.82, 2.24) is 0 Å². The molecule has 0 rings (SSSR count). The minimum absolute atomic E-state index is 0. The van der Waals surface area contributed by atoms with E-state index in [1.165, 1.54) is 0 Å². The number of rotatable bonds is 1. The van der Waals surface area contributed by atoms with Crippen LogP contribution in [0.25, 0.3) is 0 Å². The Morgan fingerprint density at radius 2 is 1.83 bits per heavy atom. The molecule has 0 atom stereocenters. The summed E-state index contributed by atoms with van der Waals surface area (Å²) in [6.45, 7) is 5.25. The topological polar surface area (TPSA) is 27.6 Å². The van der Waals surface area contributed by atoms with E-state index in [2.05, 4.69) is 12.7 Å². The van der Waals surface area contributed by atoms with E-state index >= 15 is 0 Å². The second kappa shape index (κ2) is 15.9. The van der Waals surface area contributed by atoms with E-state index in [-0.39, 0.29) is 51.3 Å². The molecule has 6 heavy (non-hydrogen) atoms. The summed E-state index contributed by atoms with van der Waals surface area (Å²) in [5, 5.41) is 0. The third-order valence-corrected chi connectivity index (χ3v) is 0.204. The van der Waals surface area contributed by atoms with E-state index in [9.17, 15) is 0 Å². The van der Waals surface area contributed by atoms with Crippen molar-refractivity contribution in [2.75, 3.05) is 0 Å². The molecule has 2 radical (unpaired) electrons. The van der Waals surface area contributed by atoms with Gasteiger partial charge in [-0.25, -0.2) is 0 Å². The monoisotopic (exact) mass is 198 g/mol. The van der Waals surface area contributed by atoms with Crippen LogP contribution in [0.1, 0.15) is 6.42 Å². The fourth-order valence-electron chi connectivity index (χ4n) is 0. The quantitative estimate of drug-likeness (QED) is 0.555. The normalized spacial score (nSPS) is 5.00. The smallest absolute Gasteiger partial charge is 0 e. The van der Waals surface area contributed by atoms with Crippen LogP contribution in [-0.2, 0) is 51.3 Å². The van der Waals surface area contributed by atoms with Crippen LogP contribution >= 0.6 is 0 Å². The van der Waals surface area contributed by atoms with Gasteiger partial charge in [0, 0.05) is 51.3 Å². The molecule has 0 aliphatic rings. The Morgan fingerprint density at radius 1 is 1.67 bits per heavy atom. The maximum atomic E-state index is 3.49. The van der Waals surface area contributed by atoms with E-state index in [4.69, 9.17) is 0 Å². The predicted octanol–water partition coefficient (Wildman–Crippen LogP) is -0.391. The SMILES string of the molecule is [CH2-]C[CH-][NH3+].[V].[Y]. The molecule has 0 spiro atoms. The first-order valence-electron chi connectivity index (χ1n) is 1.32. The largest absolute Gasteiger partial charge is 0.489 e. The summed E-state index contributed by atoms with van der Waals surface area (Å²) in [5.74, 6) is 0. The summed E-state index contributed by atoms with van der Waals surface area (Å²) in [7, 11) is 0. The van der Waals surface area contributed by atoms with Crippen molar-refractivity contribution < 1.29 is 57.0 Å². The van der Waals surface area contributed by atoms with Crippen molar-refractivity contribution in [3.05, 3.63) is 13.5 Å². The van der Waals surface area contributed by atoms with Crippen molar-refractivity contribution >= 4 is 0 Å². The Labute approximate surface area is 76.2 Å². The summed E-state index contributed by atoms with van der Waals surface area (Å²) >= 11 is 0. The summed E-state index contributed by atoms with van der Waals surface area (Å²) < 4.78 is 0. The molecule has 0 aromatic heterocycles. The third kappa shape index (κ3) is 17.4. The van der Waals surface area contributed by atoms with Crippen LogP contribution in [0.2, 0.25) is 0 Å². The van der Waals surface area contributed by atoms with Gasteiger partial charge < -0.3 is 12.7 Å². The Kier molecular flexibility index (Phi) is 41.6. The molecule has 0 amide bonds. The second-order valence-corrected chi connectivity index (χ2v) is 0.577. The standard InChI is InChI=1S/C3H8N.V.Y/c1-2-3-4;;/h3H,1-2H2,4H3;;/q-1;;. The van der Waals surface area contributed by atoms with Gasteiger partial charge in [0.25, 0.3) is 0 Å². The van der Waals surface area contributed by atoms with Crippen LogP contribution < -0.4 is 5.73 Å². The zero-order chi connectivity index (χ0) is 3.41. The minimum atomic E-state index is 0. The molecular weight excluding hydrogens is 190 g/mol. The number of hydrogen-bond donors (Lipinski definition) is 1. The molecule has 34 valence electrons. The Morgan fingerprint density at radius 3 is 1.83 bits per heavy atom. The number of hydrogen-bond acceptors (Lipinski definition) is 0. The molecule has 0 bridgehead atoms. The molecule has 0 aliphatic carbocycles. The molecule has 0 aliphatic heterocycles. The van der Waals surface area contributed by atoms with Crippen molar-refractivity contribution in [1.29, 1.82) is 0 Å². The van der Waals surface area contributed by atoms with Crippen LogP contribution in [0.15, 0.2) is 0 Å². The van der Waals surface area contributed by atoms with E-state index in [1.54, 1.807) is 6.54 Å². The van der Waals surface area contributed by atoms with Crippen LogP contribution in [0, 0.1) is 13.5 Å². The first-order chi connectivity index (χ1) is 1.91. The predicted molar refractivity (Wildman–Crippen MR) is 17.2 cm³/mol. The number of quaternary nitrogens is 1. The fourth-order valence-corrected chi connectivity index (χ4v) is 0. The molecule has 0 heterocycles. The van der Waals surface area contributed by atoms with Gasteiger partial charge in [0.15, 0.2) is 0 Å². The van der Waals surface area contributed by atoms with Gasteiger partial charge in [-0.2, -0.15) is 6.54 Å². The van der Waals surface area contributed by atoms with Crippen molar-refractivity contribution in [3.8, 4) is 0 Å². The van der Waals surface area contributed by atoms with Gasteiger partial charge >= 0.3 is 0 Å². The zero-order valence-corrected chi connectivity index (χ0v) is 7.96. The zero-order valence-electron chi connectivity index (χ0n) is 3.72. The van der Waals surface area contributed by atoms with Crippen LogP contribution in [0.5, 0.6) is 0 Å². The maximum absolute atomic E-state index is 3.49. The van der Waals surface area contributed by atoms with Crippen LogP contribution in [-0.4, -0.2) is 0 Å². The third-order valence-electron chi connectivity index (χ3n) is 0.204. The Balaban J connectivity index is -0.0000000450. The van der Waals surface area contributed by atoms with Crippen LogP contribution in [0.4, 0.5) is 0 Å². The molecule has 1 nitrogen and oxygen atoms in total. The van der Waals surface area contributed by atoms with Gasteiger partial charge in [-0.1, -0.05) is 0 Å². The molecule has 0 saturated heterocycles. The van der Waals surface area contributed by atoms with Gasteiger partial charge in [0.2, 0.25) is 0 Å². The average Bonchev–Trinajstić information content (AvgIpc) is 1.37. The van der Waals surface area contributed by atoms with Crippen LogP contribution in [0.3, 0.4) is 0 Å². The van der Waals surface area contributed by atoms with Gasteiger partial charge in [-0.15, -0.1) is 0 Å². The van der Waals surface area contributed by atoms with Crippen molar-refractivity contribution in [2.24, 2.45) is 0 Å². The van der Waals surface area contributed by atoms with Crippen molar-refractivity contribution in [3.63, 3.8) is 0 Å².